The van der Waals surface area contributed by atoms with Crippen molar-refractivity contribution in [1.82, 2.24) is 5.32 Å². The van der Waals surface area contributed by atoms with Gasteiger partial charge in [0.05, 0.1) is 0 Å². The molecular weight excluding hydrogens is 268 g/mol. The Morgan fingerprint density at radius 2 is 1.90 bits per heavy atom. The maximum absolute atomic E-state index is 12.0. The number of anilines is 1. The first-order chi connectivity index (χ1) is 10.0. The minimum atomic E-state index is -0.555. The van der Waals surface area contributed by atoms with Gasteiger partial charge in [0.1, 0.15) is 0 Å². The van der Waals surface area contributed by atoms with Gasteiger partial charge in [0.2, 0.25) is 5.91 Å². The number of rotatable bonds is 5. The molecule has 6 N–H and O–H groups in total. The van der Waals surface area contributed by atoms with Gasteiger partial charge in [-0.1, -0.05) is 18.6 Å². The number of hydrogen-bond acceptors (Lipinski definition) is 3. The molecule has 1 fully saturated rings. The van der Waals surface area contributed by atoms with Gasteiger partial charge < -0.3 is 22.1 Å². The number of amides is 3. The van der Waals surface area contributed by atoms with Crippen LogP contribution in [0.4, 0.5) is 10.5 Å². The van der Waals surface area contributed by atoms with E-state index in [-0.39, 0.29) is 11.9 Å². The highest BCUT2D eigenvalue weighted by atomic mass is 16.2. The number of nitrogens with two attached hydrogens (primary N) is 2. The molecule has 114 valence electrons. The average Bonchev–Trinajstić information content (AvgIpc) is 2.83. The number of urea groups is 1. The largest absolute Gasteiger partial charge is 0.352 e. The van der Waals surface area contributed by atoms with E-state index < -0.39 is 6.03 Å². The lowest BCUT2D eigenvalue weighted by molar-refractivity contribution is -0.117. The summed E-state index contributed by atoms with van der Waals surface area (Å²) in [5, 5.41) is 5.39. The van der Waals surface area contributed by atoms with Crippen LogP contribution in [0.15, 0.2) is 24.3 Å². The van der Waals surface area contributed by atoms with Gasteiger partial charge >= 0.3 is 6.03 Å². The van der Waals surface area contributed by atoms with Crippen LogP contribution in [0.2, 0.25) is 0 Å². The van der Waals surface area contributed by atoms with Gasteiger partial charge in [-0.15, -0.1) is 0 Å². The van der Waals surface area contributed by atoms with Crippen molar-refractivity contribution in [3.8, 4) is 0 Å². The summed E-state index contributed by atoms with van der Waals surface area (Å²) >= 11 is 0. The molecule has 0 aliphatic heterocycles. The van der Waals surface area contributed by atoms with Gasteiger partial charge in [0, 0.05) is 24.7 Å². The van der Waals surface area contributed by atoms with Gasteiger partial charge in [0.25, 0.3) is 0 Å². The Bertz CT molecular complexity index is 501. The molecule has 0 heterocycles. The highest BCUT2D eigenvalue weighted by molar-refractivity contribution is 5.90. The van der Waals surface area contributed by atoms with Crippen molar-refractivity contribution < 1.29 is 9.59 Å². The third-order valence-corrected chi connectivity index (χ3v) is 3.87. The fraction of sp³-hybridized carbons (Fsp3) is 0.467. The molecule has 2 atom stereocenters. The van der Waals surface area contributed by atoms with Crippen molar-refractivity contribution in [3.05, 3.63) is 29.8 Å². The normalized spacial score (nSPS) is 21.0. The Morgan fingerprint density at radius 3 is 2.48 bits per heavy atom. The van der Waals surface area contributed by atoms with E-state index in [1.54, 1.807) is 0 Å². The Kier molecular flexibility index (Phi) is 5.16. The molecule has 1 aliphatic carbocycles. The molecule has 0 radical (unpaired) electrons. The lowest BCUT2D eigenvalue weighted by Crippen LogP contribution is -2.28. The second-order valence-corrected chi connectivity index (χ2v) is 5.52. The van der Waals surface area contributed by atoms with Crippen LogP contribution >= 0.6 is 0 Å². The van der Waals surface area contributed by atoms with Crippen molar-refractivity contribution in [2.45, 2.75) is 38.3 Å². The van der Waals surface area contributed by atoms with Crippen LogP contribution in [0.1, 0.15) is 31.2 Å². The molecule has 0 aromatic heterocycles. The molecule has 2 rings (SSSR count). The minimum Gasteiger partial charge on any atom is -0.352 e. The third kappa shape index (κ3) is 4.75. The number of primary amides is 1. The highest BCUT2D eigenvalue weighted by Crippen LogP contribution is 2.27. The molecule has 21 heavy (non-hydrogen) atoms. The Balaban J connectivity index is 1.82. The first-order valence-corrected chi connectivity index (χ1v) is 7.22. The highest BCUT2D eigenvalue weighted by Gasteiger charge is 2.25. The number of carbonyl (C=O) groups is 2. The van der Waals surface area contributed by atoms with Crippen LogP contribution in [0, 0.1) is 5.92 Å². The third-order valence-electron chi connectivity index (χ3n) is 3.87. The summed E-state index contributed by atoms with van der Waals surface area (Å²) in [5.41, 5.74) is 12.6. The van der Waals surface area contributed by atoms with Crippen molar-refractivity contribution in [2.75, 3.05) is 5.32 Å². The summed E-state index contributed by atoms with van der Waals surface area (Å²) in [5.74, 6) is 0.296. The van der Waals surface area contributed by atoms with Gasteiger partial charge in [-0.25, -0.2) is 4.79 Å². The molecule has 1 aromatic carbocycles. The molecule has 0 unspecified atom stereocenters. The van der Waals surface area contributed by atoms with Gasteiger partial charge in [-0.3, -0.25) is 4.79 Å². The number of carbonyl (C=O) groups excluding carboxylic acids is 2. The summed E-state index contributed by atoms with van der Waals surface area (Å²) in [4.78, 5) is 22.6. The first kappa shape index (κ1) is 15.3. The van der Waals surface area contributed by atoms with Crippen LogP contribution in [0.5, 0.6) is 0 Å². The Morgan fingerprint density at radius 1 is 1.19 bits per heavy atom. The van der Waals surface area contributed by atoms with Crippen molar-refractivity contribution in [3.63, 3.8) is 0 Å². The average molecular weight is 290 g/mol. The molecule has 0 spiro atoms. The maximum atomic E-state index is 12.0. The van der Waals surface area contributed by atoms with Crippen molar-refractivity contribution in [2.24, 2.45) is 17.4 Å². The van der Waals surface area contributed by atoms with Crippen molar-refractivity contribution in [1.29, 1.82) is 0 Å². The summed E-state index contributed by atoms with van der Waals surface area (Å²) in [7, 11) is 0. The van der Waals surface area contributed by atoms with Gasteiger partial charge in [-0.05, 0) is 36.5 Å². The lowest BCUT2D eigenvalue weighted by Gasteiger charge is -2.14. The molecule has 0 bridgehead atoms. The molecular formula is C15H22N4O2. The number of hydrogen-bond donors (Lipinski definition) is 4. The zero-order valence-electron chi connectivity index (χ0n) is 12.0. The molecule has 6 nitrogen and oxygen atoms in total. The van der Waals surface area contributed by atoms with Crippen LogP contribution < -0.4 is 22.1 Å². The van der Waals surface area contributed by atoms with Gasteiger partial charge in [-0.2, -0.15) is 0 Å². The van der Waals surface area contributed by atoms with Gasteiger partial charge in [0.15, 0.2) is 0 Å². The van der Waals surface area contributed by atoms with Crippen LogP contribution in [-0.4, -0.2) is 18.0 Å². The van der Waals surface area contributed by atoms with E-state index in [1.165, 1.54) is 0 Å². The maximum Gasteiger partial charge on any atom is 0.312 e. The summed E-state index contributed by atoms with van der Waals surface area (Å²) < 4.78 is 0. The fourth-order valence-corrected chi connectivity index (χ4v) is 2.66. The second-order valence-electron chi connectivity index (χ2n) is 5.52. The number of nitrogens with one attached hydrogen (secondary N) is 2. The van der Waals surface area contributed by atoms with Crippen LogP contribution in [0.3, 0.4) is 0 Å². The van der Waals surface area contributed by atoms with E-state index in [2.05, 4.69) is 10.6 Å². The fourth-order valence-electron chi connectivity index (χ4n) is 2.66. The van der Waals surface area contributed by atoms with E-state index in [1.807, 2.05) is 24.3 Å². The summed E-state index contributed by atoms with van der Waals surface area (Å²) in [6, 6.07) is 6.90. The minimum absolute atomic E-state index is 0.000334. The SMILES string of the molecule is NC(=O)NCc1ccc(NC(=O)C[C@@H]2CCC[C@H]2N)cc1. The lowest BCUT2D eigenvalue weighted by atomic mass is 10.00. The smallest absolute Gasteiger partial charge is 0.312 e. The Labute approximate surface area is 124 Å². The van der Waals surface area contributed by atoms with E-state index in [9.17, 15) is 9.59 Å². The number of benzene rings is 1. The molecule has 1 aliphatic rings. The van der Waals surface area contributed by atoms with E-state index >= 15 is 0 Å². The van der Waals surface area contributed by atoms with Crippen LogP contribution in [0.25, 0.3) is 0 Å². The zero-order chi connectivity index (χ0) is 15.2. The zero-order valence-corrected chi connectivity index (χ0v) is 12.0. The molecule has 1 aromatic rings. The standard InChI is InChI=1S/C15H22N4O2/c16-13-3-1-2-11(13)8-14(20)19-12-6-4-10(5-7-12)9-18-15(17)21/h4-7,11,13H,1-3,8-9,16H2,(H,19,20)(H3,17,18,21)/t11-,13+/m0/s1. The quantitative estimate of drug-likeness (QED) is 0.656. The Hall–Kier alpha value is -2.08. The monoisotopic (exact) mass is 290 g/mol. The summed E-state index contributed by atoms with van der Waals surface area (Å²) in [6.07, 6.45) is 3.64. The molecule has 0 saturated heterocycles. The predicted molar refractivity (Wildman–Crippen MR) is 81.4 cm³/mol. The molecule has 1 saturated carbocycles. The topological polar surface area (TPSA) is 110 Å². The second kappa shape index (κ2) is 7.08. The van der Waals surface area contributed by atoms with E-state index in [4.69, 9.17) is 11.5 Å². The van der Waals surface area contributed by atoms with E-state index in [0.29, 0.717) is 18.9 Å². The summed E-state index contributed by atoms with van der Waals surface area (Å²) in [6.45, 7) is 0.375. The van der Waals surface area contributed by atoms with E-state index in [0.717, 1.165) is 30.5 Å². The van der Waals surface area contributed by atoms with Crippen molar-refractivity contribution >= 4 is 17.6 Å². The first-order valence-electron chi connectivity index (χ1n) is 7.22. The molecule has 6 heteroatoms. The van der Waals surface area contributed by atoms with Crippen LogP contribution in [-0.2, 0) is 11.3 Å². The molecule has 3 amide bonds. The predicted octanol–water partition coefficient (Wildman–Crippen LogP) is 1.31.